The van der Waals surface area contributed by atoms with E-state index in [9.17, 15) is 10.1 Å². The van der Waals surface area contributed by atoms with E-state index < -0.39 is 0 Å². The van der Waals surface area contributed by atoms with Gasteiger partial charge in [-0.2, -0.15) is 5.26 Å². The largest absolute Gasteiger partial charge is 0.364 e. The minimum Gasteiger partial charge on any atom is -0.364 e. The van der Waals surface area contributed by atoms with Crippen LogP contribution in [-0.4, -0.2) is 33.9 Å². The van der Waals surface area contributed by atoms with Crippen molar-refractivity contribution in [2.45, 2.75) is 32.9 Å². The summed E-state index contributed by atoms with van der Waals surface area (Å²) in [6, 6.07) is 7.90. The molecule has 6 nitrogen and oxygen atoms in total. The zero-order valence-electron chi connectivity index (χ0n) is 13.8. The molecule has 0 atom stereocenters. The second kappa shape index (κ2) is 7.18. The van der Waals surface area contributed by atoms with Crippen molar-refractivity contribution in [3.05, 3.63) is 47.5 Å². The maximum absolute atomic E-state index is 12.4. The van der Waals surface area contributed by atoms with Crippen LogP contribution in [0.5, 0.6) is 0 Å². The molecule has 3 rings (SSSR count). The first-order valence-corrected chi connectivity index (χ1v) is 8.24. The lowest BCUT2D eigenvalue weighted by Crippen LogP contribution is -2.35. The van der Waals surface area contributed by atoms with Crippen LogP contribution in [0.1, 0.15) is 36.6 Å². The molecule has 6 heteroatoms. The average Bonchev–Trinajstić information content (AvgIpc) is 3.03. The van der Waals surface area contributed by atoms with Crippen LogP contribution < -0.4 is 4.90 Å². The molecule has 1 aromatic heterocycles. The number of aromatic amines is 1. The number of amides is 1. The predicted molar refractivity (Wildman–Crippen MR) is 91.1 cm³/mol. The number of fused-ring (bicyclic) bond motifs is 1. The number of carbonyl (C=O) groups excluding carboxylic acids is 1. The maximum Gasteiger partial charge on any atom is 0.222 e. The Morgan fingerprint density at radius 2 is 2.29 bits per heavy atom. The minimum absolute atomic E-state index is 0.175. The van der Waals surface area contributed by atoms with Crippen molar-refractivity contribution in [3.8, 4) is 6.07 Å². The third kappa shape index (κ3) is 3.40. The number of hydrogen-bond donors (Lipinski definition) is 1. The summed E-state index contributed by atoms with van der Waals surface area (Å²) in [6.07, 6.45) is 4.89. The summed E-state index contributed by atoms with van der Waals surface area (Å²) in [5.41, 5.74) is 3.75. The summed E-state index contributed by atoms with van der Waals surface area (Å²) in [4.78, 5) is 23.7. The van der Waals surface area contributed by atoms with Crippen molar-refractivity contribution >= 4 is 11.6 Å². The average molecular weight is 323 g/mol. The second-order valence-corrected chi connectivity index (χ2v) is 6.02. The number of anilines is 1. The number of nitriles is 1. The monoisotopic (exact) mass is 323 g/mol. The molecule has 0 unspecified atom stereocenters. The molecule has 0 aliphatic carbocycles. The highest BCUT2D eigenvalue weighted by molar-refractivity contribution is 5.77. The number of hydrogen-bond acceptors (Lipinski definition) is 4. The van der Waals surface area contributed by atoms with Gasteiger partial charge >= 0.3 is 0 Å². The fourth-order valence-corrected chi connectivity index (χ4v) is 3.06. The van der Waals surface area contributed by atoms with Gasteiger partial charge in [-0.15, -0.1) is 0 Å². The van der Waals surface area contributed by atoms with Crippen LogP contribution in [0.25, 0.3) is 0 Å². The highest BCUT2D eigenvalue weighted by Crippen LogP contribution is 2.27. The van der Waals surface area contributed by atoms with Gasteiger partial charge in [0.25, 0.3) is 0 Å². The smallest absolute Gasteiger partial charge is 0.222 e. The van der Waals surface area contributed by atoms with Crippen LogP contribution in [0.2, 0.25) is 0 Å². The van der Waals surface area contributed by atoms with Crippen LogP contribution in [0.15, 0.2) is 30.7 Å². The van der Waals surface area contributed by atoms with E-state index in [0.717, 1.165) is 29.9 Å². The first kappa shape index (κ1) is 16.1. The van der Waals surface area contributed by atoms with E-state index in [1.165, 1.54) is 0 Å². The molecule has 124 valence electrons. The van der Waals surface area contributed by atoms with E-state index in [0.29, 0.717) is 31.6 Å². The fraction of sp³-hybridized carbons (Fsp3) is 0.389. The van der Waals surface area contributed by atoms with E-state index in [1.54, 1.807) is 6.33 Å². The molecule has 2 heterocycles. The Morgan fingerprint density at radius 3 is 3.00 bits per heavy atom. The lowest BCUT2D eigenvalue weighted by Gasteiger charge is -2.24. The number of benzene rings is 1. The Morgan fingerprint density at radius 1 is 1.42 bits per heavy atom. The number of nitrogens with zero attached hydrogens (tertiary/aromatic N) is 4. The van der Waals surface area contributed by atoms with Gasteiger partial charge in [-0.05, 0) is 30.2 Å². The van der Waals surface area contributed by atoms with Crippen molar-refractivity contribution in [2.24, 2.45) is 0 Å². The van der Waals surface area contributed by atoms with Crippen molar-refractivity contribution in [1.82, 2.24) is 14.9 Å². The molecule has 0 saturated heterocycles. The summed E-state index contributed by atoms with van der Waals surface area (Å²) >= 11 is 0. The van der Waals surface area contributed by atoms with Gasteiger partial charge in [0.05, 0.1) is 30.2 Å². The highest BCUT2D eigenvalue weighted by atomic mass is 16.2. The molecule has 1 aliphatic heterocycles. The molecular formula is C18H21N5O. The van der Waals surface area contributed by atoms with Crippen molar-refractivity contribution in [3.63, 3.8) is 0 Å². The van der Waals surface area contributed by atoms with E-state index in [1.807, 2.05) is 36.2 Å². The summed E-state index contributed by atoms with van der Waals surface area (Å²) in [6.45, 7) is 4.72. The Labute approximate surface area is 141 Å². The van der Waals surface area contributed by atoms with Crippen LogP contribution in [0, 0.1) is 11.3 Å². The Hall–Kier alpha value is -2.81. The van der Waals surface area contributed by atoms with Crippen molar-refractivity contribution in [1.29, 1.82) is 5.26 Å². The lowest BCUT2D eigenvalue weighted by molar-refractivity contribution is -0.131. The third-order valence-electron chi connectivity index (χ3n) is 4.28. The topological polar surface area (TPSA) is 76.0 Å². The maximum atomic E-state index is 12.4. The molecular weight excluding hydrogens is 302 g/mol. The van der Waals surface area contributed by atoms with Gasteiger partial charge in [0.2, 0.25) is 5.91 Å². The quantitative estimate of drug-likeness (QED) is 0.937. The van der Waals surface area contributed by atoms with E-state index in [2.05, 4.69) is 20.9 Å². The minimum atomic E-state index is 0.175. The number of nitrogens with one attached hydrogen (secondary N) is 1. The van der Waals surface area contributed by atoms with Gasteiger partial charge in [-0.25, -0.2) is 4.98 Å². The highest BCUT2D eigenvalue weighted by Gasteiger charge is 2.23. The van der Waals surface area contributed by atoms with Gasteiger partial charge in [-0.1, -0.05) is 6.92 Å². The molecule has 1 amide bonds. The zero-order chi connectivity index (χ0) is 16.9. The number of H-pyrrole nitrogens is 1. The second-order valence-electron chi connectivity index (χ2n) is 6.02. The van der Waals surface area contributed by atoms with Gasteiger partial charge in [0, 0.05) is 37.9 Å². The number of aromatic nitrogens is 2. The Kier molecular flexibility index (Phi) is 4.80. The Balaban J connectivity index is 1.91. The standard InChI is InChI=1S/C18H21N5O/c1-2-3-18(24)23-7-6-22(12-16-10-20-13-21-16)17-5-4-14(9-19)8-15(17)11-23/h4-5,8,10,13H,2-3,6-7,11-12H2,1H3,(H,20,21). The van der Waals surface area contributed by atoms with Crippen LogP contribution in [0.3, 0.4) is 0 Å². The van der Waals surface area contributed by atoms with Crippen LogP contribution in [0.4, 0.5) is 5.69 Å². The Bertz CT molecular complexity index is 747. The SMILES string of the molecule is CCCC(=O)N1CCN(Cc2cnc[nH]2)c2ccc(C#N)cc2C1. The summed E-state index contributed by atoms with van der Waals surface area (Å²) in [5.74, 6) is 0.175. The third-order valence-corrected chi connectivity index (χ3v) is 4.28. The van der Waals surface area contributed by atoms with Crippen molar-refractivity contribution < 1.29 is 4.79 Å². The van der Waals surface area contributed by atoms with Gasteiger partial charge < -0.3 is 14.8 Å². The first-order valence-electron chi connectivity index (χ1n) is 8.24. The summed E-state index contributed by atoms with van der Waals surface area (Å²) in [7, 11) is 0. The molecule has 1 N–H and O–H groups in total. The molecule has 0 bridgehead atoms. The van der Waals surface area contributed by atoms with Gasteiger partial charge in [0.15, 0.2) is 0 Å². The van der Waals surface area contributed by atoms with E-state index in [4.69, 9.17) is 0 Å². The van der Waals surface area contributed by atoms with Crippen LogP contribution in [-0.2, 0) is 17.9 Å². The van der Waals surface area contributed by atoms with Crippen molar-refractivity contribution in [2.75, 3.05) is 18.0 Å². The van der Waals surface area contributed by atoms with Crippen LogP contribution >= 0.6 is 0 Å². The predicted octanol–water partition coefficient (Wildman–Crippen LogP) is 2.43. The van der Waals surface area contributed by atoms with Gasteiger partial charge in [0.1, 0.15) is 0 Å². The number of imidazole rings is 1. The first-order chi connectivity index (χ1) is 11.7. The summed E-state index contributed by atoms with van der Waals surface area (Å²) in [5, 5.41) is 9.18. The molecule has 2 aromatic rings. The number of rotatable bonds is 4. The molecule has 0 spiro atoms. The molecule has 0 saturated carbocycles. The normalized spacial score (nSPS) is 14.0. The molecule has 1 aliphatic rings. The molecule has 1 aromatic carbocycles. The number of carbonyl (C=O) groups is 1. The summed E-state index contributed by atoms with van der Waals surface area (Å²) < 4.78 is 0. The molecule has 0 fully saturated rings. The van der Waals surface area contributed by atoms with Gasteiger partial charge in [-0.3, -0.25) is 4.79 Å². The fourth-order valence-electron chi connectivity index (χ4n) is 3.06. The molecule has 0 radical (unpaired) electrons. The molecule has 24 heavy (non-hydrogen) atoms. The zero-order valence-corrected chi connectivity index (χ0v) is 13.8. The van der Waals surface area contributed by atoms with E-state index >= 15 is 0 Å². The van der Waals surface area contributed by atoms with E-state index in [-0.39, 0.29) is 5.91 Å². The lowest BCUT2D eigenvalue weighted by atomic mass is 10.1.